The number of para-hydroxylation sites is 1. The SMILES string of the molecule is CN=C(NCCCOCC1CC1)NC1CCN(c2ccccc2)C1. The second kappa shape index (κ2) is 8.92. The number of rotatable bonds is 8. The minimum atomic E-state index is 0.447. The molecule has 0 radical (unpaired) electrons. The predicted molar refractivity (Wildman–Crippen MR) is 99.7 cm³/mol. The van der Waals surface area contributed by atoms with Crippen LogP contribution >= 0.6 is 0 Å². The Kier molecular flexibility index (Phi) is 6.35. The molecule has 24 heavy (non-hydrogen) atoms. The van der Waals surface area contributed by atoms with Gasteiger partial charge in [0.15, 0.2) is 5.96 Å². The van der Waals surface area contributed by atoms with Crippen LogP contribution in [0.4, 0.5) is 5.69 Å². The van der Waals surface area contributed by atoms with Gasteiger partial charge in [-0.15, -0.1) is 0 Å². The molecule has 2 aliphatic rings. The number of guanidine groups is 1. The van der Waals surface area contributed by atoms with Crippen molar-refractivity contribution in [2.45, 2.75) is 31.7 Å². The summed E-state index contributed by atoms with van der Waals surface area (Å²) in [5.41, 5.74) is 1.30. The van der Waals surface area contributed by atoms with Crippen molar-refractivity contribution in [1.82, 2.24) is 10.6 Å². The van der Waals surface area contributed by atoms with Crippen LogP contribution in [0.5, 0.6) is 0 Å². The Balaban J connectivity index is 1.32. The largest absolute Gasteiger partial charge is 0.381 e. The van der Waals surface area contributed by atoms with Crippen LogP contribution in [0.25, 0.3) is 0 Å². The highest BCUT2D eigenvalue weighted by Gasteiger charge is 2.23. The van der Waals surface area contributed by atoms with E-state index in [1.165, 1.54) is 18.5 Å². The standard InChI is InChI=1S/C19H30N4O/c1-20-19(21-11-5-13-24-15-16-8-9-16)22-17-10-12-23(14-17)18-6-3-2-4-7-18/h2-4,6-7,16-17H,5,8-15H2,1H3,(H2,20,21,22). The van der Waals surface area contributed by atoms with Crippen molar-refractivity contribution in [3.05, 3.63) is 30.3 Å². The summed E-state index contributed by atoms with van der Waals surface area (Å²) in [7, 11) is 1.84. The molecule has 1 heterocycles. The third kappa shape index (κ3) is 5.41. The lowest BCUT2D eigenvalue weighted by Gasteiger charge is -2.20. The lowest BCUT2D eigenvalue weighted by molar-refractivity contribution is 0.123. The smallest absolute Gasteiger partial charge is 0.191 e. The van der Waals surface area contributed by atoms with E-state index in [0.717, 1.165) is 57.6 Å². The number of aliphatic imine (C=N–C) groups is 1. The maximum Gasteiger partial charge on any atom is 0.191 e. The van der Waals surface area contributed by atoms with Gasteiger partial charge in [-0.3, -0.25) is 4.99 Å². The molecule has 1 aromatic rings. The van der Waals surface area contributed by atoms with Crippen molar-refractivity contribution >= 4 is 11.6 Å². The van der Waals surface area contributed by atoms with Gasteiger partial charge < -0.3 is 20.3 Å². The first-order valence-electron chi connectivity index (χ1n) is 9.20. The number of ether oxygens (including phenoxy) is 1. The van der Waals surface area contributed by atoms with Gasteiger partial charge in [0, 0.05) is 51.6 Å². The van der Waals surface area contributed by atoms with E-state index in [1.54, 1.807) is 0 Å². The zero-order valence-electron chi connectivity index (χ0n) is 14.7. The molecule has 132 valence electrons. The third-order valence-corrected chi connectivity index (χ3v) is 4.68. The van der Waals surface area contributed by atoms with Crippen molar-refractivity contribution in [3.8, 4) is 0 Å². The summed E-state index contributed by atoms with van der Waals surface area (Å²) in [6, 6.07) is 11.1. The average Bonchev–Trinajstić information content (AvgIpc) is 3.33. The van der Waals surface area contributed by atoms with Crippen LogP contribution in [-0.2, 0) is 4.74 Å². The molecule has 0 bridgehead atoms. The van der Waals surface area contributed by atoms with Crippen molar-refractivity contribution in [2.75, 3.05) is 44.8 Å². The fourth-order valence-electron chi connectivity index (χ4n) is 3.05. The Bertz CT molecular complexity index is 515. The van der Waals surface area contributed by atoms with Gasteiger partial charge in [-0.05, 0) is 43.7 Å². The molecular weight excluding hydrogens is 300 g/mol. The van der Waals surface area contributed by atoms with Gasteiger partial charge in [-0.2, -0.15) is 0 Å². The number of benzene rings is 1. The molecule has 2 N–H and O–H groups in total. The summed E-state index contributed by atoms with van der Waals surface area (Å²) in [4.78, 5) is 6.77. The van der Waals surface area contributed by atoms with Crippen LogP contribution < -0.4 is 15.5 Å². The average molecular weight is 330 g/mol. The first-order chi connectivity index (χ1) is 11.8. The topological polar surface area (TPSA) is 48.9 Å². The van der Waals surface area contributed by atoms with E-state index in [9.17, 15) is 0 Å². The Morgan fingerprint density at radius 2 is 2.08 bits per heavy atom. The Morgan fingerprint density at radius 1 is 1.25 bits per heavy atom. The molecule has 1 unspecified atom stereocenters. The van der Waals surface area contributed by atoms with E-state index in [4.69, 9.17) is 4.74 Å². The van der Waals surface area contributed by atoms with E-state index in [2.05, 4.69) is 50.9 Å². The van der Waals surface area contributed by atoms with Crippen LogP contribution in [0.3, 0.4) is 0 Å². The molecule has 5 nitrogen and oxygen atoms in total. The predicted octanol–water partition coefficient (Wildman–Crippen LogP) is 2.25. The highest BCUT2D eigenvalue weighted by molar-refractivity contribution is 5.80. The van der Waals surface area contributed by atoms with Crippen LogP contribution in [0.1, 0.15) is 25.7 Å². The molecule has 0 amide bonds. The number of nitrogens with zero attached hydrogens (tertiary/aromatic N) is 2. The summed E-state index contributed by atoms with van der Waals surface area (Å²) >= 11 is 0. The molecule has 0 aromatic heterocycles. The van der Waals surface area contributed by atoms with Crippen LogP contribution in [0.15, 0.2) is 35.3 Å². The van der Waals surface area contributed by atoms with E-state index in [1.807, 2.05) is 7.05 Å². The van der Waals surface area contributed by atoms with Crippen LogP contribution in [0.2, 0.25) is 0 Å². The first kappa shape index (κ1) is 17.1. The van der Waals surface area contributed by atoms with Gasteiger partial charge >= 0.3 is 0 Å². The monoisotopic (exact) mass is 330 g/mol. The normalized spacial score (nSPS) is 21.1. The van der Waals surface area contributed by atoms with Gasteiger partial charge in [0.2, 0.25) is 0 Å². The maximum absolute atomic E-state index is 5.66. The molecule has 2 fully saturated rings. The molecule has 1 aliphatic heterocycles. The summed E-state index contributed by atoms with van der Waals surface area (Å²) in [5.74, 6) is 1.75. The lowest BCUT2D eigenvalue weighted by Crippen LogP contribution is -2.45. The molecule has 3 rings (SSSR count). The van der Waals surface area contributed by atoms with E-state index < -0.39 is 0 Å². The number of nitrogens with one attached hydrogen (secondary N) is 2. The Morgan fingerprint density at radius 3 is 2.83 bits per heavy atom. The number of hydrogen-bond donors (Lipinski definition) is 2. The van der Waals surface area contributed by atoms with Gasteiger partial charge in [0.1, 0.15) is 0 Å². The van der Waals surface area contributed by atoms with Gasteiger partial charge in [0.25, 0.3) is 0 Å². The van der Waals surface area contributed by atoms with Crippen molar-refractivity contribution in [2.24, 2.45) is 10.9 Å². The van der Waals surface area contributed by atoms with Gasteiger partial charge in [0.05, 0.1) is 0 Å². The van der Waals surface area contributed by atoms with Crippen molar-refractivity contribution in [1.29, 1.82) is 0 Å². The van der Waals surface area contributed by atoms with E-state index in [0.29, 0.717) is 6.04 Å². The highest BCUT2D eigenvalue weighted by Crippen LogP contribution is 2.28. The summed E-state index contributed by atoms with van der Waals surface area (Å²) < 4.78 is 5.66. The van der Waals surface area contributed by atoms with E-state index >= 15 is 0 Å². The zero-order valence-corrected chi connectivity index (χ0v) is 14.7. The second-order valence-electron chi connectivity index (χ2n) is 6.78. The Hall–Kier alpha value is -1.75. The second-order valence-corrected chi connectivity index (χ2v) is 6.78. The maximum atomic E-state index is 5.66. The Labute approximate surface area is 145 Å². The van der Waals surface area contributed by atoms with Crippen LogP contribution in [-0.4, -0.2) is 51.9 Å². The van der Waals surface area contributed by atoms with Crippen molar-refractivity contribution in [3.63, 3.8) is 0 Å². The van der Waals surface area contributed by atoms with Gasteiger partial charge in [-0.25, -0.2) is 0 Å². The molecule has 0 spiro atoms. The van der Waals surface area contributed by atoms with Crippen molar-refractivity contribution < 1.29 is 4.74 Å². The summed E-state index contributed by atoms with van der Waals surface area (Å²) in [5, 5.41) is 6.94. The number of hydrogen-bond acceptors (Lipinski definition) is 3. The van der Waals surface area contributed by atoms with E-state index in [-0.39, 0.29) is 0 Å². The zero-order chi connectivity index (χ0) is 16.6. The fraction of sp³-hybridized carbons (Fsp3) is 0.632. The first-order valence-corrected chi connectivity index (χ1v) is 9.20. The fourth-order valence-corrected chi connectivity index (χ4v) is 3.05. The molecule has 1 saturated heterocycles. The molecule has 1 aromatic carbocycles. The minimum absolute atomic E-state index is 0.447. The number of anilines is 1. The molecule has 1 atom stereocenters. The van der Waals surface area contributed by atoms with Crippen LogP contribution in [0, 0.1) is 5.92 Å². The minimum Gasteiger partial charge on any atom is -0.381 e. The highest BCUT2D eigenvalue weighted by atomic mass is 16.5. The molecule has 5 heteroatoms. The summed E-state index contributed by atoms with van der Waals surface area (Å²) in [6.07, 6.45) is 4.88. The molecular formula is C19H30N4O. The molecule has 1 aliphatic carbocycles. The third-order valence-electron chi connectivity index (χ3n) is 4.68. The lowest BCUT2D eigenvalue weighted by atomic mass is 10.3. The quantitative estimate of drug-likeness (QED) is 0.436. The molecule has 1 saturated carbocycles. The van der Waals surface area contributed by atoms with Gasteiger partial charge in [-0.1, -0.05) is 18.2 Å². The summed E-state index contributed by atoms with van der Waals surface area (Å²) in [6.45, 7) is 4.80.